The lowest BCUT2D eigenvalue weighted by Gasteiger charge is -2.14. The highest BCUT2D eigenvalue weighted by Gasteiger charge is 2.18. The highest BCUT2D eigenvalue weighted by molar-refractivity contribution is 9.10. The Morgan fingerprint density at radius 1 is 1.00 bits per heavy atom. The van der Waals surface area contributed by atoms with Gasteiger partial charge in [-0.1, -0.05) is 31.2 Å². The molecule has 0 spiro atoms. The summed E-state index contributed by atoms with van der Waals surface area (Å²) >= 11 is 3.54. The molecule has 2 N–H and O–H groups in total. The average molecular weight is 427 g/mol. The third-order valence-electron chi connectivity index (χ3n) is 4.14. The molecule has 0 saturated carbocycles. The first kappa shape index (κ1) is 18.9. The Morgan fingerprint density at radius 3 is 2.26 bits per heavy atom. The number of carbonyl (C=O) groups excluding carboxylic acids is 2. The number of amides is 2. The molecule has 0 radical (unpaired) electrons. The van der Waals surface area contributed by atoms with Crippen LogP contribution in [0.2, 0.25) is 0 Å². The third kappa shape index (κ3) is 4.11. The van der Waals surface area contributed by atoms with Crippen LogP contribution < -0.4 is 15.4 Å². The molecule has 0 fully saturated rings. The first-order valence-corrected chi connectivity index (χ1v) is 9.29. The zero-order chi connectivity index (χ0) is 19.4. The van der Waals surface area contributed by atoms with Crippen molar-refractivity contribution >= 4 is 49.9 Å². The van der Waals surface area contributed by atoms with Gasteiger partial charge in [0.1, 0.15) is 5.75 Å². The van der Waals surface area contributed by atoms with Crippen LogP contribution in [0.1, 0.15) is 23.7 Å². The van der Waals surface area contributed by atoms with E-state index in [1.807, 2.05) is 30.3 Å². The SMILES string of the molecule is CCC(=O)Nc1ccc(NC(=O)c2cc3ccccc3c(Br)c2OC)cc1. The van der Waals surface area contributed by atoms with Gasteiger partial charge in [0.15, 0.2) is 0 Å². The summed E-state index contributed by atoms with van der Waals surface area (Å²) in [5, 5.41) is 7.55. The molecule has 3 aromatic rings. The number of benzene rings is 3. The summed E-state index contributed by atoms with van der Waals surface area (Å²) in [6, 6.07) is 16.6. The molecule has 0 aliphatic carbocycles. The van der Waals surface area contributed by atoms with Gasteiger partial charge in [0.2, 0.25) is 5.91 Å². The van der Waals surface area contributed by atoms with E-state index in [1.54, 1.807) is 31.2 Å². The minimum atomic E-state index is -0.274. The van der Waals surface area contributed by atoms with Crippen molar-refractivity contribution in [3.8, 4) is 5.75 Å². The van der Waals surface area contributed by atoms with Crippen molar-refractivity contribution < 1.29 is 14.3 Å². The first-order chi connectivity index (χ1) is 13.0. The Balaban J connectivity index is 1.87. The lowest BCUT2D eigenvalue weighted by molar-refractivity contribution is -0.115. The second kappa shape index (κ2) is 8.22. The topological polar surface area (TPSA) is 67.4 Å². The molecule has 27 heavy (non-hydrogen) atoms. The van der Waals surface area contributed by atoms with E-state index in [1.165, 1.54) is 7.11 Å². The second-order valence-electron chi connectivity index (χ2n) is 5.93. The van der Waals surface area contributed by atoms with E-state index in [4.69, 9.17) is 4.74 Å². The van der Waals surface area contributed by atoms with Crippen LogP contribution in [-0.2, 0) is 4.79 Å². The molecule has 2 amide bonds. The number of ether oxygens (including phenoxy) is 1. The van der Waals surface area contributed by atoms with Crippen molar-refractivity contribution in [1.82, 2.24) is 0 Å². The van der Waals surface area contributed by atoms with Gasteiger partial charge < -0.3 is 15.4 Å². The number of hydrogen-bond donors (Lipinski definition) is 2. The van der Waals surface area contributed by atoms with Crippen LogP contribution in [0.25, 0.3) is 10.8 Å². The normalized spacial score (nSPS) is 10.5. The monoisotopic (exact) mass is 426 g/mol. The largest absolute Gasteiger partial charge is 0.495 e. The van der Waals surface area contributed by atoms with Crippen LogP contribution in [0.5, 0.6) is 5.75 Å². The highest BCUT2D eigenvalue weighted by Crippen LogP contribution is 2.36. The number of anilines is 2. The van der Waals surface area contributed by atoms with E-state index in [2.05, 4.69) is 26.6 Å². The molecule has 3 aromatic carbocycles. The van der Waals surface area contributed by atoms with Crippen LogP contribution in [0.3, 0.4) is 0 Å². The van der Waals surface area contributed by atoms with Crippen LogP contribution >= 0.6 is 15.9 Å². The fourth-order valence-electron chi connectivity index (χ4n) is 2.74. The molecule has 138 valence electrons. The standard InChI is InChI=1S/C21H19BrN2O3/c1-3-18(25)23-14-8-10-15(11-9-14)24-21(26)17-12-13-6-4-5-7-16(13)19(22)20(17)27-2/h4-12H,3H2,1-2H3,(H,23,25)(H,24,26). The van der Waals surface area contributed by atoms with Gasteiger partial charge in [0, 0.05) is 17.8 Å². The lowest BCUT2D eigenvalue weighted by atomic mass is 10.1. The van der Waals surface area contributed by atoms with Gasteiger partial charge >= 0.3 is 0 Å². The maximum absolute atomic E-state index is 12.8. The van der Waals surface area contributed by atoms with Gasteiger partial charge in [-0.25, -0.2) is 0 Å². The quantitative estimate of drug-likeness (QED) is 0.587. The Kier molecular flexibility index (Phi) is 5.76. The fourth-order valence-corrected chi connectivity index (χ4v) is 3.47. The molecule has 0 saturated heterocycles. The number of halogens is 1. The summed E-state index contributed by atoms with van der Waals surface area (Å²) in [4.78, 5) is 24.3. The first-order valence-electron chi connectivity index (χ1n) is 8.50. The van der Waals surface area contributed by atoms with Crippen LogP contribution in [0, 0.1) is 0 Å². The van der Waals surface area contributed by atoms with E-state index in [0.717, 1.165) is 15.2 Å². The number of methoxy groups -OCH3 is 1. The minimum absolute atomic E-state index is 0.0578. The van der Waals surface area contributed by atoms with E-state index in [0.29, 0.717) is 29.1 Å². The Bertz CT molecular complexity index is 1000. The number of fused-ring (bicyclic) bond motifs is 1. The summed E-state index contributed by atoms with van der Waals surface area (Å²) in [7, 11) is 1.54. The molecule has 0 bridgehead atoms. The molecule has 3 rings (SSSR count). The Morgan fingerprint density at radius 2 is 1.63 bits per heavy atom. The fraction of sp³-hybridized carbons (Fsp3) is 0.143. The van der Waals surface area contributed by atoms with E-state index in [-0.39, 0.29) is 11.8 Å². The molecule has 5 nitrogen and oxygen atoms in total. The lowest BCUT2D eigenvalue weighted by Crippen LogP contribution is -2.14. The van der Waals surface area contributed by atoms with E-state index >= 15 is 0 Å². The maximum Gasteiger partial charge on any atom is 0.259 e. The van der Waals surface area contributed by atoms with Gasteiger partial charge in [-0.05, 0) is 57.0 Å². The zero-order valence-electron chi connectivity index (χ0n) is 15.0. The molecule has 6 heteroatoms. The summed E-state index contributed by atoms with van der Waals surface area (Å²) in [5.74, 6) is 0.152. The number of carbonyl (C=O) groups is 2. The Hall–Kier alpha value is -2.86. The summed E-state index contributed by atoms with van der Waals surface area (Å²) in [6.45, 7) is 1.79. The zero-order valence-corrected chi connectivity index (χ0v) is 16.6. The molecular formula is C21H19BrN2O3. The van der Waals surface area contributed by atoms with Gasteiger partial charge in [0.25, 0.3) is 5.91 Å². The highest BCUT2D eigenvalue weighted by atomic mass is 79.9. The number of hydrogen-bond acceptors (Lipinski definition) is 3. The predicted octanol–water partition coefficient (Wildman–Crippen LogP) is 5.21. The molecule has 0 unspecified atom stereocenters. The van der Waals surface area contributed by atoms with Crippen molar-refractivity contribution in [2.24, 2.45) is 0 Å². The molecular weight excluding hydrogens is 408 g/mol. The van der Waals surface area contributed by atoms with Crippen molar-refractivity contribution in [2.45, 2.75) is 13.3 Å². The van der Waals surface area contributed by atoms with Gasteiger partial charge in [-0.2, -0.15) is 0 Å². The van der Waals surface area contributed by atoms with E-state index < -0.39 is 0 Å². The second-order valence-corrected chi connectivity index (χ2v) is 6.72. The van der Waals surface area contributed by atoms with Crippen molar-refractivity contribution in [3.05, 3.63) is 64.6 Å². The average Bonchev–Trinajstić information content (AvgIpc) is 2.69. The summed E-state index contributed by atoms with van der Waals surface area (Å²) < 4.78 is 6.20. The van der Waals surface area contributed by atoms with Crippen LogP contribution in [-0.4, -0.2) is 18.9 Å². The van der Waals surface area contributed by atoms with E-state index in [9.17, 15) is 9.59 Å². The maximum atomic E-state index is 12.8. The van der Waals surface area contributed by atoms with Gasteiger partial charge in [0.05, 0.1) is 17.1 Å². The minimum Gasteiger partial charge on any atom is -0.495 e. The third-order valence-corrected chi connectivity index (χ3v) is 4.92. The van der Waals surface area contributed by atoms with Crippen molar-refractivity contribution in [2.75, 3.05) is 17.7 Å². The van der Waals surface area contributed by atoms with Crippen LogP contribution in [0.4, 0.5) is 11.4 Å². The Labute approximate surface area is 165 Å². The van der Waals surface area contributed by atoms with Gasteiger partial charge in [-0.3, -0.25) is 9.59 Å². The molecule has 0 aromatic heterocycles. The summed E-state index contributed by atoms with van der Waals surface area (Å²) in [5.41, 5.74) is 1.75. The smallest absolute Gasteiger partial charge is 0.259 e. The van der Waals surface area contributed by atoms with Crippen LogP contribution in [0.15, 0.2) is 59.1 Å². The molecule has 0 aliphatic rings. The molecule has 0 heterocycles. The van der Waals surface area contributed by atoms with Gasteiger partial charge in [-0.15, -0.1) is 0 Å². The number of nitrogens with one attached hydrogen (secondary N) is 2. The molecule has 0 aliphatic heterocycles. The predicted molar refractivity (Wildman–Crippen MR) is 112 cm³/mol. The summed E-state index contributed by atoms with van der Waals surface area (Å²) in [6.07, 6.45) is 0.412. The van der Waals surface area contributed by atoms with Crippen molar-refractivity contribution in [3.63, 3.8) is 0 Å². The number of rotatable bonds is 5. The van der Waals surface area contributed by atoms with Crippen molar-refractivity contribution in [1.29, 1.82) is 0 Å². The molecule has 0 atom stereocenters.